The standard InChI is InChI=1S/C7H6BrN3S/c1-5-4-12-7(9-5)11-3-2-6(8)10-11/h2-4H,1H3. The summed E-state index contributed by atoms with van der Waals surface area (Å²) in [4.78, 5) is 4.29. The third-order valence-electron chi connectivity index (χ3n) is 1.36. The fourth-order valence-corrected chi connectivity index (χ4v) is 1.88. The molecule has 0 aliphatic heterocycles. The van der Waals surface area contributed by atoms with Crippen molar-refractivity contribution >= 4 is 27.3 Å². The lowest BCUT2D eigenvalue weighted by atomic mass is 10.6. The number of aromatic nitrogens is 3. The summed E-state index contributed by atoms with van der Waals surface area (Å²) < 4.78 is 2.58. The normalized spacial score (nSPS) is 10.5. The van der Waals surface area contributed by atoms with Gasteiger partial charge in [-0.1, -0.05) is 0 Å². The lowest BCUT2D eigenvalue weighted by molar-refractivity contribution is 0.856. The summed E-state index contributed by atoms with van der Waals surface area (Å²) in [5, 5.41) is 7.08. The zero-order chi connectivity index (χ0) is 8.55. The highest BCUT2D eigenvalue weighted by Gasteiger charge is 2.01. The van der Waals surface area contributed by atoms with Crippen LogP contribution in [0, 0.1) is 6.92 Å². The van der Waals surface area contributed by atoms with Crippen LogP contribution in [0.5, 0.6) is 0 Å². The van der Waals surface area contributed by atoms with Crippen LogP contribution in [0.3, 0.4) is 0 Å². The van der Waals surface area contributed by atoms with Crippen molar-refractivity contribution in [3.8, 4) is 5.13 Å². The zero-order valence-corrected chi connectivity index (χ0v) is 8.76. The van der Waals surface area contributed by atoms with Gasteiger partial charge in [-0.25, -0.2) is 9.67 Å². The molecular formula is C7H6BrN3S. The molecule has 0 saturated carbocycles. The van der Waals surface area contributed by atoms with E-state index in [0.717, 1.165) is 15.4 Å². The van der Waals surface area contributed by atoms with E-state index in [1.165, 1.54) is 0 Å². The van der Waals surface area contributed by atoms with Gasteiger partial charge in [-0.3, -0.25) is 0 Å². The maximum atomic E-state index is 4.29. The SMILES string of the molecule is Cc1csc(-n2ccc(Br)n2)n1. The van der Waals surface area contributed by atoms with Crippen molar-refractivity contribution in [2.45, 2.75) is 6.92 Å². The van der Waals surface area contributed by atoms with Crippen LogP contribution >= 0.6 is 27.3 Å². The second-order valence-corrected chi connectivity index (χ2v) is 4.00. The number of hydrogen-bond donors (Lipinski definition) is 0. The van der Waals surface area contributed by atoms with Gasteiger partial charge in [0.1, 0.15) is 4.60 Å². The smallest absolute Gasteiger partial charge is 0.210 e. The summed E-state index contributed by atoms with van der Waals surface area (Å²) in [6.07, 6.45) is 1.88. The fourth-order valence-electron chi connectivity index (χ4n) is 0.855. The first-order valence-corrected chi connectivity index (χ1v) is 5.06. The third-order valence-corrected chi connectivity index (χ3v) is 2.73. The van der Waals surface area contributed by atoms with Crippen molar-refractivity contribution in [1.29, 1.82) is 0 Å². The minimum atomic E-state index is 0.829. The Balaban J connectivity index is 2.43. The van der Waals surface area contributed by atoms with E-state index in [1.54, 1.807) is 16.0 Å². The van der Waals surface area contributed by atoms with Crippen LogP contribution < -0.4 is 0 Å². The van der Waals surface area contributed by atoms with E-state index in [1.807, 2.05) is 24.6 Å². The highest BCUT2D eigenvalue weighted by Crippen LogP contribution is 2.15. The molecule has 0 fully saturated rings. The number of hydrogen-bond acceptors (Lipinski definition) is 3. The van der Waals surface area contributed by atoms with E-state index in [2.05, 4.69) is 26.0 Å². The van der Waals surface area contributed by atoms with Gasteiger partial charge >= 0.3 is 0 Å². The Kier molecular flexibility index (Phi) is 1.98. The molecule has 3 nitrogen and oxygen atoms in total. The summed E-state index contributed by atoms with van der Waals surface area (Å²) >= 11 is 4.87. The van der Waals surface area contributed by atoms with E-state index in [4.69, 9.17) is 0 Å². The molecule has 0 amide bonds. The Morgan fingerprint density at radius 1 is 1.58 bits per heavy atom. The molecule has 2 aromatic heterocycles. The van der Waals surface area contributed by atoms with Crippen LogP contribution in [-0.2, 0) is 0 Å². The Morgan fingerprint density at radius 3 is 2.92 bits per heavy atom. The number of nitrogens with zero attached hydrogens (tertiary/aromatic N) is 3. The molecule has 0 spiro atoms. The summed E-state index contributed by atoms with van der Waals surface area (Å²) in [7, 11) is 0. The van der Waals surface area contributed by atoms with E-state index in [9.17, 15) is 0 Å². The molecule has 2 heterocycles. The van der Waals surface area contributed by atoms with E-state index in [0.29, 0.717) is 0 Å². The summed E-state index contributed by atoms with van der Waals surface area (Å²) in [6, 6.07) is 1.89. The molecule has 0 saturated heterocycles. The van der Waals surface area contributed by atoms with Crippen molar-refractivity contribution in [2.75, 3.05) is 0 Å². The molecule has 2 aromatic rings. The highest BCUT2D eigenvalue weighted by molar-refractivity contribution is 9.10. The minimum Gasteiger partial charge on any atom is -0.224 e. The second kappa shape index (κ2) is 2.99. The maximum Gasteiger partial charge on any atom is 0.210 e. The molecule has 62 valence electrons. The molecule has 0 radical (unpaired) electrons. The average Bonchev–Trinajstić information content (AvgIpc) is 2.58. The Morgan fingerprint density at radius 2 is 2.42 bits per heavy atom. The van der Waals surface area contributed by atoms with Gasteiger partial charge in [-0.2, -0.15) is 5.10 Å². The minimum absolute atomic E-state index is 0.829. The van der Waals surface area contributed by atoms with E-state index < -0.39 is 0 Å². The zero-order valence-electron chi connectivity index (χ0n) is 6.36. The molecular weight excluding hydrogens is 238 g/mol. The van der Waals surface area contributed by atoms with Gasteiger partial charge in [0.05, 0.1) is 5.69 Å². The predicted octanol–water partition coefficient (Wildman–Crippen LogP) is 2.40. The van der Waals surface area contributed by atoms with E-state index >= 15 is 0 Å². The predicted molar refractivity (Wildman–Crippen MR) is 51.7 cm³/mol. The van der Waals surface area contributed by atoms with Crippen LogP contribution in [0.25, 0.3) is 5.13 Å². The van der Waals surface area contributed by atoms with Crippen LogP contribution in [0.15, 0.2) is 22.2 Å². The van der Waals surface area contributed by atoms with Crippen molar-refractivity contribution in [1.82, 2.24) is 14.8 Å². The summed E-state index contributed by atoms with van der Waals surface area (Å²) in [6.45, 7) is 1.97. The molecule has 0 aliphatic carbocycles. The maximum absolute atomic E-state index is 4.29. The molecule has 2 rings (SSSR count). The van der Waals surface area contributed by atoms with Gasteiger partial charge in [0.25, 0.3) is 0 Å². The lowest BCUT2D eigenvalue weighted by Crippen LogP contribution is -1.92. The van der Waals surface area contributed by atoms with Gasteiger partial charge in [0.15, 0.2) is 0 Å². The quantitative estimate of drug-likeness (QED) is 0.771. The third kappa shape index (κ3) is 1.42. The first-order valence-electron chi connectivity index (χ1n) is 3.39. The molecule has 0 unspecified atom stereocenters. The van der Waals surface area contributed by atoms with Crippen molar-refractivity contribution < 1.29 is 0 Å². The Bertz CT molecular complexity index is 355. The summed E-state index contributed by atoms with van der Waals surface area (Å²) in [5.74, 6) is 0. The van der Waals surface area contributed by atoms with Crippen molar-refractivity contribution in [3.05, 3.63) is 27.9 Å². The van der Waals surface area contributed by atoms with Crippen LogP contribution in [0.4, 0.5) is 0 Å². The van der Waals surface area contributed by atoms with Crippen molar-refractivity contribution in [2.24, 2.45) is 0 Å². The molecule has 0 aliphatic rings. The first kappa shape index (κ1) is 7.94. The molecule has 0 aromatic carbocycles. The topological polar surface area (TPSA) is 30.7 Å². The Labute approximate surface area is 82.2 Å². The number of rotatable bonds is 1. The molecule has 0 atom stereocenters. The largest absolute Gasteiger partial charge is 0.224 e. The number of thiazole rings is 1. The highest BCUT2D eigenvalue weighted by atomic mass is 79.9. The van der Waals surface area contributed by atoms with Gasteiger partial charge in [0, 0.05) is 11.6 Å². The van der Waals surface area contributed by atoms with Crippen LogP contribution in [-0.4, -0.2) is 14.8 Å². The number of aryl methyl sites for hydroxylation is 1. The lowest BCUT2D eigenvalue weighted by Gasteiger charge is -1.91. The molecule has 12 heavy (non-hydrogen) atoms. The molecule has 5 heteroatoms. The van der Waals surface area contributed by atoms with Gasteiger partial charge in [-0.05, 0) is 28.9 Å². The Hall–Kier alpha value is -0.680. The van der Waals surface area contributed by atoms with Gasteiger partial charge in [-0.15, -0.1) is 11.3 Å². The molecule has 0 bridgehead atoms. The first-order chi connectivity index (χ1) is 5.75. The van der Waals surface area contributed by atoms with Crippen LogP contribution in [0.2, 0.25) is 0 Å². The van der Waals surface area contributed by atoms with E-state index in [-0.39, 0.29) is 0 Å². The fraction of sp³-hybridized carbons (Fsp3) is 0.143. The van der Waals surface area contributed by atoms with Crippen LogP contribution in [0.1, 0.15) is 5.69 Å². The monoisotopic (exact) mass is 243 g/mol. The second-order valence-electron chi connectivity index (χ2n) is 2.35. The summed E-state index contributed by atoms with van der Waals surface area (Å²) in [5.41, 5.74) is 1.03. The average molecular weight is 244 g/mol. The van der Waals surface area contributed by atoms with Gasteiger partial charge < -0.3 is 0 Å². The van der Waals surface area contributed by atoms with Crippen molar-refractivity contribution in [3.63, 3.8) is 0 Å². The molecule has 0 N–H and O–H groups in total. The number of halogens is 1. The van der Waals surface area contributed by atoms with Gasteiger partial charge in [0.2, 0.25) is 5.13 Å².